The molecule has 0 aliphatic heterocycles. The molecule has 9 heavy (non-hydrogen) atoms. The molecule has 0 aliphatic rings. The van der Waals surface area contributed by atoms with E-state index in [0.29, 0.717) is 0 Å². The summed E-state index contributed by atoms with van der Waals surface area (Å²) in [6.45, 7) is 7.20. The van der Waals surface area contributed by atoms with Crippen molar-refractivity contribution in [2.75, 3.05) is 26.8 Å². The summed E-state index contributed by atoms with van der Waals surface area (Å²) in [5.74, 6) is 0. The van der Waals surface area contributed by atoms with Gasteiger partial charge in [0.15, 0.2) is 0 Å². The third-order valence-electron chi connectivity index (χ3n) is 1.25. The fraction of sp³-hybridized carbons (Fsp3) is 1.00. The van der Waals surface area contributed by atoms with Gasteiger partial charge < -0.3 is 5.32 Å². The highest BCUT2D eigenvalue weighted by Crippen LogP contribution is 1.73. The molecule has 0 aromatic carbocycles. The Hall–Kier alpha value is -0.120. The summed E-state index contributed by atoms with van der Waals surface area (Å²) in [6, 6.07) is 0. The first kappa shape index (κ1) is 8.88. The molecular weight excluding hydrogens is 114 g/mol. The van der Waals surface area contributed by atoms with E-state index in [4.69, 9.17) is 0 Å². The number of hydrazine groups is 1. The highest BCUT2D eigenvalue weighted by molar-refractivity contribution is 4.42. The third kappa shape index (κ3) is 4.39. The Morgan fingerprint density at radius 1 is 1.33 bits per heavy atom. The van der Waals surface area contributed by atoms with E-state index in [-0.39, 0.29) is 0 Å². The van der Waals surface area contributed by atoms with E-state index >= 15 is 0 Å². The first-order valence-electron chi connectivity index (χ1n) is 3.48. The molecule has 0 atom stereocenters. The minimum Gasteiger partial charge on any atom is -0.304 e. The fourth-order valence-electron chi connectivity index (χ4n) is 0.596. The van der Waals surface area contributed by atoms with Crippen molar-refractivity contribution in [3.8, 4) is 0 Å². The van der Waals surface area contributed by atoms with Crippen LogP contribution in [0.3, 0.4) is 0 Å². The number of hydrogen-bond acceptors (Lipinski definition) is 3. The average Bonchev–Trinajstić information content (AvgIpc) is 1.91. The summed E-state index contributed by atoms with van der Waals surface area (Å²) in [6.07, 6.45) is 0. The lowest BCUT2D eigenvalue weighted by Gasteiger charge is -2.18. The molecule has 0 rings (SSSR count). The second-order valence-corrected chi connectivity index (χ2v) is 1.84. The van der Waals surface area contributed by atoms with Crippen LogP contribution in [0, 0.1) is 0 Å². The van der Waals surface area contributed by atoms with Crippen LogP contribution in [-0.2, 0) is 0 Å². The van der Waals surface area contributed by atoms with Gasteiger partial charge in [-0.2, -0.15) is 0 Å². The number of nitrogens with zero attached hydrogens (tertiary/aromatic N) is 1. The summed E-state index contributed by atoms with van der Waals surface area (Å²) < 4.78 is 0. The van der Waals surface area contributed by atoms with Gasteiger partial charge in [0.05, 0.1) is 6.67 Å². The molecule has 0 bridgehead atoms. The van der Waals surface area contributed by atoms with Crippen LogP contribution >= 0.6 is 0 Å². The SMILES string of the molecule is CCNCN(CC)NC. The second-order valence-electron chi connectivity index (χ2n) is 1.84. The van der Waals surface area contributed by atoms with Gasteiger partial charge in [-0.25, -0.2) is 5.01 Å². The lowest BCUT2D eigenvalue weighted by atomic mass is 10.7. The molecule has 0 radical (unpaired) electrons. The highest BCUT2D eigenvalue weighted by Gasteiger charge is 1.92. The third-order valence-corrected chi connectivity index (χ3v) is 1.25. The maximum atomic E-state index is 3.21. The van der Waals surface area contributed by atoms with Crippen molar-refractivity contribution in [2.45, 2.75) is 13.8 Å². The Kier molecular flexibility index (Phi) is 5.93. The zero-order chi connectivity index (χ0) is 7.11. The minimum absolute atomic E-state index is 0.920. The van der Waals surface area contributed by atoms with Crippen molar-refractivity contribution < 1.29 is 0 Å². The van der Waals surface area contributed by atoms with Crippen molar-refractivity contribution in [1.29, 1.82) is 0 Å². The molecule has 0 saturated carbocycles. The van der Waals surface area contributed by atoms with E-state index in [1.165, 1.54) is 0 Å². The monoisotopic (exact) mass is 131 g/mol. The van der Waals surface area contributed by atoms with Gasteiger partial charge in [-0.15, -0.1) is 0 Å². The lowest BCUT2D eigenvalue weighted by Crippen LogP contribution is -2.41. The Morgan fingerprint density at radius 2 is 2.00 bits per heavy atom. The van der Waals surface area contributed by atoms with Crippen LogP contribution in [0.1, 0.15) is 13.8 Å². The molecule has 0 saturated heterocycles. The van der Waals surface area contributed by atoms with Gasteiger partial charge in [-0.1, -0.05) is 13.8 Å². The van der Waals surface area contributed by atoms with Gasteiger partial charge in [0, 0.05) is 6.54 Å². The van der Waals surface area contributed by atoms with E-state index < -0.39 is 0 Å². The Balaban J connectivity index is 3.09. The van der Waals surface area contributed by atoms with Crippen LogP contribution in [0.4, 0.5) is 0 Å². The van der Waals surface area contributed by atoms with Crippen LogP contribution in [0.2, 0.25) is 0 Å². The van der Waals surface area contributed by atoms with E-state index in [2.05, 4.69) is 29.6 Å². The second kappa shape index (κ2) is 6.01. The Bertz CT molecular complexity index is 52.3. The first-order valence-corrected chi connectivity index (χ1v) is 3.48. The van der Waals surface area contributed by atoms with Crippen LogP contribution in [0.5, 0.6) is 0 Å². The van der Waals surface area contributed by atoms with E-state index in [0.717, 1.165) is 19.8 Å². The van der Waals surface area contributed by atoms with Gasteiger partial charge in [0.2, 0.25) is 0 Å². The molecule has 56 valence electrons. The van der Waals surface area contributed by atoms with Gasteiger partial charge in [0.1, 0.15) is 0 Å². The van der Waals surface area contributed by atoms with Crippen molar-refractivity contribution in [3.05, 3.63) is 0 Å². The van der Waals surface area contributed by atoms with Crippen molar-refractivity contribution in [1.82, 2.24) is 15.8 Å². The lowest BCUT2D eigenvalue weighted by molar-refractivity contribution is 0.203. The molecule has 0 aromatic heterocycles. The van der Waals surface area contributed by atoms with Gasteiger partial charge in [-0.05, 0) is 13.6 Å². The summed E-state index contributed by atoms with van der Waals surface area (Å²) in [5, 5.41) is 5.31. The number of rotatable bonds is 5. The molecule has 2 N–H and O–H groups in total. The number of hydrogen-bond donors (Lipinski definition) is 2. The quantitative estimate of drug-likeness (QED) is 0.406. The predicted molar refractivity (Wildman–Crippen MR) is 40.0 cm³/mol. The molecule has 0 aliphatic carbocycles. The van der Waals surface area contributed by atoms with Crippen molar-refractivity contribution in [2.24, 2.45) is 0 Å². The van der Waals surface area contributed by atoms with Gasteiger partial charge in [0.25, 0.3) is 0 Å². The molecule has 3 heteroatoms. The molecule has 0 spiro atoms. The van der Waals surface area contributed by atoms with Crippen molar-refractivity contribution in [3.63, 3.8) is 0 Å². The molecule has 0 fully saturated rings. The van der Waals surface area contributed by atoms with Gasteiger partial charge in [-0.3, -0.25) is 5.43 Å². The standard InChI is InChI=1S/C6H17N3/c1-4-8-6-9(5-2)7-3/h7-8H,4-6H2,1-3H3. The van der Waals surface area contributed by atoms with E-state index in [1.54, 1.807) is 0 Å². The predicted octanol–water partition coefficient (Wildman–Crippen LogP) is 0.00970. The largest absolute Gasteiger partial charge is 0.304 e. The first-order chi connectivity index (χ1) is 4.35. The molecular formula is C6H17N3. The summed E-state index contributed by atoms with van der Waals surface area (Å²) in [4.78, 5) is 0. The Labute approximate surface area is 57.4 Å². The summed E-state index contributed by atoms with van der Waals surface area (Å²) >= 11 is 0. The van der Waals surface area contributed by atoms with Crippen molar-refractivity contribution >= 4 is 0 Å². The van der Waals surface area contributed by atoms with Crippen LogP contribution in [0.15, 0.2) is 0 Å². The normalized spacial score (nSPS) is 10.7. The minimum atomic E-state index is 0.920. The molecule has 0 amide bonds. The Morgan fingerprint density at radius 3 is 2.33 bits per heavy atom. The highest BCUT2D eigenvalue weighted by atomic mass is 15.5. The van der Waals surface area contributed by atoms with Gasteiger partial charge >= 0.3 is 0 Å². The van der Waals surface area contributed by atoms with E-state index in [1.807, 2.05) is 7.05 Å². The van der Waals surface area contributed by atoms with Crippen LogP contribution in [0.25, 0.3) is 0 Å². The molecule has 0 aromatic rings. The molecule has 0 unspecified atom stereocenters. The van der Waals surface area contributed by atoms with E-state index in [9.17, 15) is 0 Å². The smallest absolute Gasteiger partial charge is 0.0620 e. The zero-order valence-electron chi connectivity index (χ0n) is 6.57. The maximum absolute atomic E-state index is 3.21. The topological polar surface area (TPSA) is 27.3 Å². The van der Waals surface area contributed by atoms with Crippen LogP contribution < -0.4 is 10.7 Å². The zero-order valence-corrected chi connectivity index (χ0v) is 6.57. The number of nitrogens with one attached hydrogen (secondary N) is 2. The van der Waals surface area contributed by atoms with Crippen LogP contribution in [-0.4, -0.2) is 31.8 Å². The summed E-state index contributed by atoms with van der Waals surface area (Å²) in [7, 11) is 1.93. The summed E-state index contributed by atoms with van der Waals surface area (Å²) in [5.41, 5.74) is 3.06. The maximum Gasteiger partial charge on any atom is 0.0620 e. The average molecular weight is 131 g/mol. The fourth-order valence-corrected chi connectivity index (χ4v) is 0.596. The molecule has 3 nitrogen and oxygen atoms in total. The molecule has 0 heterocycles.